The van der Waals surface area contributed by atoms with Crippen molar-refractivity contribution in [2.45, 2.75) is 13.3 Å². The molecule has 0 aliphatic carbocycles. The van der Waals surface area contributed by atoms with Crippen molar-refractivity contribution in [1.82, 2.24) is 4.98 Å². The third-order valence-electron chi connectivity index (χ3n) is 2.06. The zero-order valence-electron chi connectivity index (χ0n) is 7.83. The van der Waals surface area contributed by atoms with Gasteiger partial charge in [-0.3, -0.25) is 0 Å². The van der Waals surface area contributed by atoms with Crippen LogP contribution in [0.4, 0.5) is 0 Å². The highest BCUT2D eigenvalue weighted by molar-refractivity contribution is 9.10. The van der Waals surface area contributed by atoms with Gasteiger partial charge in [0.15, 0.2) is 0 Å². The first-order valence-electron chi connectivity index (χ1n) is 4.49. The van der Waals surface area contributed by atoms with Gasteiger partial charge >= 0.3 is 0 Å². The van der Waals surface area contributed by atoms with Crippen LogP contribution in [0.15, 0.2) is 34.2 Å². The van der Waals surface area contributed by atoms with Gasteiger partial charge in [0.2, 0.25) is 0 Å². The number of benzene rings is 1. The van der Waals surface area contributed by atoms with Gasteiger partial charge in [-0.2, -0.15) is 0 Å². The van der Waals surface area contributed by atoms with E-state index < -0.39 is 0 Å². The lowest BCUT2D eigenvalue weighted by atomic mass is 10.1. The normalized spacial score (nSPS) is 10.4. The zero-order chi connectivity index (χ0) is 9.97. The van der Waals surface area contributed by atoms with E-state index in [0.29, 0.717) is 0 Å². The number of hydrogen-bond donors (Lipinski definition) is 0. The van der Waals surface area contributed by atoms with Crippen LogP contribution in [-0.2, 0) is 6.42 Å². The summed E-state index contributed by atoms with van der Waals surface area (Å²) >= 11 is 5.19. The molecule has 14 heavy (non-hydrogen) atoms. The summed E-state index contributed by atoms with van der Waals surface area (Å²) in [6.07, 6.45) is 1.05. The highest BCUT2D eigenvalue weighted by Crippen LogP contribution is 2.27. The summed E-state index contributed by atoms with van der Waals surface area (Å²) in [4.78, 5) is 5.75. The smallest absolute Gasteiger partial charge is 0.0843 e. The molecular formula is C11H10BrNS. The van der Waals surface area contributed by atoms with Crippen LogP contribution >= 0.6 is 27.3 Å². The van der Waals surface area contributed by atoms with E-state index >= 15 is 0 Å². The minimum atomic E-state index is 1.05. The quantitative estimate of drug-likeness (QED) is 0.797. The summed E-state index contributed by atoms with van der Waals surface area (Å²) in [5.74, 6) is 0. The van der Waals surface area contributed by atoms with Gasteiger partial charge in [0.05, 0.1) is 11.2 Å². The van der Waals surface area contributed by atoms with Crippen molar-refractivity contribution in [2.24, 2.45) is 0 Å². The monoisotopic (exact) mass is 267 g/mol. The fourth-order valence-electron chi connectivity index (χ4n) is 1.39. The molecule has 0 aliphatic heterocycles. The van der Waals surface area contributed by atoms with E-state index in [-0.39, 0.29) is 0 Å². The molecule has 2 rings (SSSR count). The summed E-state index contributed by atoms with van der Waals surface area (Å²) in [5.41, 5.74) is 4.23. The molecule has 0 radical (unpaired) electrons. The molecule has 0 bridgehead atoms. The van der Waals surface area contributed by atoms with Crippen LogP contribution in [0.2, 0.25) is 0 Å². The van der Waals surface area contributed by atoms with Crippen LogP contribution in [0.1, 0.15) is 11.8 Å². The van der Waals surface area contributed by atoms with E-state index in [9.17, 15) is 0 Å². The lowest BCUT2D eigenvalue weighted by Gasteiger charge is -2.00. The molecule has 2 aromatic rings. The Kier molecular flexibility index (Phi) is 2.99. The molecule has 1 aromatic heterocycles. The van der Waals surface area contributed by atoms with E-state index in [0.717, 1.165) is 16.6 Å². The maximum absolute atomic E-state index is 4.40. The molecule has 0 amide bonds. The van der Waals surface area contributed by atoms with Crippen LogP contribution in [0.5, 0.6) is 0 Å². The predicted molar refractivity (Wildman–Crippen MR) is 64.6 cm³/mol. The third-order valence-corrected chi connectivity index (χ3v) is 3.53. The highest BCUT2D eigenvalue weighted by atomic mass is 79.9. The Labute approximate surface area is 95.9 Å². The number of halogens is 1. The van der Waals surface area contributed by atoms with Crippen molar-refractivity contribution in [2.75, 3.05) is 0 Å². The van der Waals surface area contributed by atoms with E-state index in [1.807, 2.05) is 17.6 Å². The Morgan fingerprint density at radius 2 is 2.29 bits per heavy atom. The Bertz CT molecular complexity index is 436. The fourth-order valence-corrected chi connectivity index (χ4v) is 2.53. The first-order chi connectivity index (χ1) is 6.81. The Morgan fingerprint density at radius 1 is 1.43 bits per heavy atom. The molecule has 0 atom stereocenters. The van der Waals surface area contributed by atoms with Crippen LogP contribution < -0.4 is 0 Å². The van der Waals surface area contributed by atoms with Crippen molar-refractivity contribution in [3.8, 4) is 11.3 Å². The van der Waals surface area contributed by atoms with Crippen molar-refractivity contribution in [1.29, 1.82) is 0 Å². The minimum Gasteiger partial charge on any atom is -0.244 e. The topological polar surface area (TPSA) is 12.9 Å². The second-order valence-electron chi connectivity index (χ2n) is 2.99. The highest BCUT2D eigenvalue weighted by Gasteiger charge is 2.06. The largest absolute Gasteiger partial charge is 0.244 e. The fraction of sp³-hybridized carbons (Fsp3) is 0.182. The molecule has 72 valence electrons. The number of aromatic nitrogens is 1. The average molecular weight is 268 g/mol. The zero-order valence-corrected chi connectivity index (χ0v) is 10.2. The van der Waals surface area contributed by atoms with Gasteiger partial charge in [-0.25, -0.2) is 4.98 Å². The van der Waals surface area contributed by atoms with Crippen LogP contribution in [0, 0.1) is 0 Å². The molecule has 0 saturated carbocycles. The molecule has 0 fully saturated rings. The lowest BCUT2D eigenvalue weighted by Crippen LogP contribution is -1.82. The second kappa shape index (κ2) is 4.24. The molecular weight excluding hydrogens is 258 g/mol. The first kappa shape index (κ1) is 9.87. The number of aryl methyl sites for hydroxylation is 1. The van der Waals surface area contributed by atoms with Crippen molar-refractivity contribution < 1.29 is 0 Å². The van der Waals surface area contributed by atoms with Crippen LogP contribution in [0.3, 0.4) is 0 Å². The molecule has 0 aliphatic rings. The van der Waals surface area contributed by atoms with E-state index in [1.165, 1.54) is 10.4 Å². The van der Waals surface area contributed by atoms with Crippen LogP contribution in [0.25, 0.3) is 11.3 Å². The average Bonchev–Trinajstić information content (AvgIpc) is 2.65. The summed E-state index contributed by atoms with van der Waals surface area (Å²) in [5, 5.41) is 0. The van der Waals surface area contributed by atoms with Gasteiger partial charge in [-0.1, -0.05) is 35.0 Å². The molecule has 1 nitrogen and oxygen atoms in total. The Morgan fingerprint density at radius 3 is 3.00 bits per heavy atom. The number of rotatable bonds is 2. The standard InChI is InChI=1S/C11H10BrNS/c1-2-10-11(13-7-14-10)8-4-3-5-9(12)6-8/h3-7H,2H2,1H3. The second-order valence-corrected chi connectivity index (χ2v) is 4.84. The summed E-state index contributed by atoms with van der Waals surface area (Å²) in [6.45, 7) is 2.16. The molecule has 0 spiro atoms. The van der Waals surface area contributed by atoms with E-state index in [4.69, 9.17) is 0 Å². The van der Waals surface area contributed by atoms with Gasteiger partial charge in [0.25, 0.3) is 0 Å². The van der Waals surface area contributed by atoms with Gasteiger partial charge < -0.3 is 0 Å². The maximum Gasteiger partial charge on any atom is 0.0843 e. The first-order valence-corrected chi connectivity index (χ1v) is 6.17. The van der Waals surface area contributed by atoms with Gasteiger partial charge in [-0.15, -0.1) is 11.3 Å². The number of thiazole rings is 1. The summed E-state index contributed by atoms with van der Waals surface area (Å²) in [6, 6.07) is 8.27. The number of hydrogen-bond acceptors (Lipinski definition) is 2. The third kappa shape index (κ3) is 1.88. The summed E-state index contributed by atoms with van der Waals surface area (Å²) in [7, 11) is 0. The maximum atomic E-state index is 4.40. The van der Waals surface area contributed by atoms with Gasteiger partial charge in [-0.05, 0) is 18.6 Å². The predicted octanol–water partition coefficient (Wildman–Crippen LogP) is 4.14. The summed E-state index contributed by atoms with van der Waals surface area (Å²) < 4.78 is 1.10. The Balaban J connectivity index is 2.49. The van der Waals surface area contributed by atoms with Crippen molar-refractivity contribution >= 4 is 27.3 Å². The van der Waals surface area contributed by atoms with E-state index in [2.05, 4.69) is 40.0 Å². The van der Waals surface area contributed by atoms with Gasteiger partial charge in [0, 0.05) is 14.9 Å². The molecule has 3 heteroatoms. The minimum absolute atomic E-state index is 1.05. The SMILES string of the molecule is CCc1scnc1-c1cccc(Br)c1. The molecule has 0 N–H and O–H groups in total. The van der Waals surface area contributed by atoms with Gasteiger partial charge in [0.1, 0.15) is 0 Å². The molecule has 0 saturated heterocycles. The Hall–Kier alpha value is -0.670. The molecule has 1 aromatic carbocycles. The lowest BCUT2D eigenvalue weighted by molar-refractivity contribution is 1.17. The molecule has 1 heterocycles. The van der Waals surface area contributed by atoms with Crippen molar-refractivity contribution in [3.05, 3.63) is 39.1 Å². The van der Waals surface area contributed by atoms with Crippen molar-refractivity contribution in [3.63, 3.8) is 0 Å². The number of nitrogens with zero attached hydrogens (tertiary/aromatic N) is 1. The van der Waals surface area contributed by atoms with E-state index in [1.54, 1.807) is 11.3 Å². The molecule has 0 unspecified atom stereocenters. The van der Waals surface area contributed by atoms with Crippen LogP contribution in [-0.4, -0.2) is 4.98 Å².